The average Bonchev–Trinajstić information content (AvgIpc) is 3.01. The van der Waals surface area contributed by atoms with Crippen LogP contribution in [0, 0.1) is 13.8 Å². The van der Waals surface area contributed by atoms with Gasteiger partial charge >= 0.3 is 0 Å². The topological polar surface area (TPSA) is 50.3 Å². The Morgan fingerprint density at radius 1 is 1.23 bits per heavy atom. The molecule has 1 aliphatic rings. The van der Waals surface area contributed by atoms with Crippen molar-refractivity contribution in [3.05, 3.63) is 45.9 Å². The highest BCUT2D eigenvalue weighted by Crippen LogP contribution is 2.32. The fourth-order valence-electron chi connectivity index (χ4n) is 3.01. The van der Waals surface area contributed by atoms with Gasteiger partial charge in [0.05, 0.1) is 9.90 Å². The molecule has 118 valence electrons. The quantitative estimate of drug-likeness (QED) is 0.864. The Morgan fingerprint density at radius 2 is 1.95 bits per heavy atom. The van der Waals surface area contributed by atoms with Crippen LogP contribution >= 0.6 is 11.3 Å². The second-order valence-corrected chi connectivity index (χ2v) is 8.65. The predicted octanol–water partition coefficient (Wildman–Crippen LogP) is 3.33. The Bertz CT molecular complexity index is 746. The highest BCUT2D eigenvalue weighted by Gasteiger charge is 2.31. The normalized spacial score (nSPS) is 17.7. The lowest BCUT2D eigenvalue weighted by molar-refractivity contribution is 0.319. The van der Waals surface area contributed by atoms with Gasteiger partial charge in [0.2, 0.25) is 10.0 Å². The zero-order valence-corrected chi connectivity index (χ0v) is 14.5. The van der Waals surface area contributed by atoms with Crippen molar-refractivity contribution < 1.29 is 8.42 Å². The van der Waals surface area contributed by atoms with Crippen molar-refractivity contribution >= 4 is 21.4 Å². The third-order valence-electron chi connectivity index (χ3n) is 4.20. The van der Waals surface area contributed by atoms with Gasteiger partial charge in [0.15, 0.2) is 0 Å². The monoisotopic (exact) mass is 336 g/mol. The highest BCUT2D eigenvalue weighted by atomic mass is 32.2. The van der Waals surface area contributed by atoms with E-state index in [2.05, 4.69) is 4.98 Å². The van der Waals surface area contributed by atoms with Gasteiger partial charge in [-0.15, -0.1) is 11.3 Å². The summed E-state index contributed by atoms with van der Waals surface area (Å²) in [5.74, 6) is 0.394. The molecule has 2 heterocycles. The summed E-state index contributed by atoms with van der Waals surface area (Å²) >= 11 is 1.66. The van der Waals surface area contributed by atoms with E-state index in [9.17, 15) is 8.42 Å². The number of aryl methyl sites for hydroxylation is 2. The molecular weight excluding hydrogens is 316 g/mol. The van der Waals surface area contributed by atoms with E-state index in [1.165, 1.54) is 0 Å². The van der Waals surface area contributed by atoms with Crippen LogP contribution in [0.4, 0.5) is 0 Å². The molecule has 2 aromatic rings. The number of aromatic nitrogens is 1. The molecule has 6 heteroatoms. The molecule has 0 aliphatic carbocycles. The number of nitrogens with zero attached hydrogens (tertiary/aromatic N) is 2. The van der Waals surface area contributed by atoms with E-state index in [4.69, 9.17) is 0 Å². The van der Waals surface area contributed by atoms with Gasteiger partial charge in [0.25, 0.3) is 0 Å². The number of benzene rings is 1. The lowest BCUT2D eigenvalue weighted by atomic mass is 9.99. The zero-order valence-electron chi connectivity index (χ0n) is 12.8. The van der Waals surface area contributed by atoms with Crippen molar-refractivity contribution in [3.63, 3.8) is 0 Å². The molecule has 3 rings (SSSR count). The fraction of sp³-hybridized carbons (Fsp3) is 0.438. The first-order valence-corrected chi connectivity index (χ1v) is 9.77. The molecule has 0 spiro atoms. The summed E-state index contributed by atoms with van der Waals surface area (Å²) < 4.78 is 27.3. The Kier molecular flexibility index (Phi) is 4.34. The summed E-state index contributed by atoms with van der Waals surface area (Å²) in [5.41, 5.74) is 1.90. The van der Waals surface area contributed by atoms with Gasteiger partial charge in [-0.1, -0.05) is 17.7 Å². The van der Waals surface area contributed by atoms with Crippen LogP contribution in [-0.4, -0.2) is 30.8 Å². The fourth-order valence-corrected chi connectivity index (χ4v) is 5.49. The molecule has 1 aliphatic heterocycles. The van der Waals surface area contributed by atoms with E-state index in [0.717, 1.165) is 29.0 Å². The molecule has 0 atom stereocenters. The van der Waals surface area contributed by atoms with Crippen LogP contribution in [0.1, 0.15) is 34.9 Å². The second kappa shape index (κ2) is 6.10. The van der Waals surface area contributed by atoms with E-state index in [1.54, 1.807) is 21.7 Å². The molecule has 1 aromatic heterocycles. The number of rotatable bonds is 3. The second-order valence-electron chi connectivity index (χ2n) is 5.82. The first kappa shape index (κ1) is 15.6. The van der Waals surface area contributed by atoms with Crippen molar-refractivity contribution in [1.82, 2.24) is 9.29 Å². The van der Waals surface area contributed by atoms with Crippen LogP contribution < -0.4 is 0 Å². The van der Waals surface area contributed by atoms with Gasteiger partial charge in [0, 0.05) is 30.6 Å². The minimum atomic E-state index is -3.39. The van der Waals surface area contributed by atoms with Crippen molar-refractivity contribution in [2.24, 2.45) is 0 Å². The summed E-state index contributed by atoms with van der Waals surface area (Å²) in [6.45, 7) is 4.98. The molecule has 0 unspecified atom stereocenters. The molecule has 1 fully saturated rings. The van der Waals surface area contributed by atoms with Gasteiger partial charge in [-0.25, -0.2) is 13.4 Å². The summed E-state index contributed by atoms with van der Waals surface area (Å²) in [4.78, 5) is 4.80. The van der Waals surface area contributed by atoms with Gasteiger partial charge in [-0.2, -0.15) is 4.31 Å². The van der Waals surface area contributed by atoms with Crippen LogP contribution in [0.5, 0.6) is 0 Å². The number of hydrogen-bond acceptors (Lipinski definition) is 4. The molecule has 0 saturated carbocycles. The Morgan fingerprint density at radius 3 is 2.55 bits per heavy atom. The van der Waals surface area contributed by atoms with Crippen molar-refractivity contribution in [2.75, 3.05) is 13.1 Å². The van der Waals surface area contributed by atoms with Crippen LogP contribution in [0.15, 0.2) is 34.7 Å². The first-order valence-electron chi connectivity index (χ1n) is 7.45. The lowest BCUT2D eigenvalue weighted by Crippen LogP contribution is -2.38. The Labute approximate surface area is 135 Å². The maximum atomic E-state index is 12.8. The summed E-state index contributed by atoms with van der Waals surface area (Å²) in [5, 5.41) is 3.11. The molecule has 0 N–H and O–H groups in total. The smallest absolute Gasteiger partial charge is 0.243 e. The van der Waals surface area contributed by atoms with Crippen LogP contribution in [0.3, 0.4) is 0 Å². The van der Waals surface area contributed by atoms with E-state index >= 15 is 0 Å². The van der Waals surface area contributed by atoms with Gasteiger partial charge < -0.3 is 0 Å². The molecular formula is C16H20N2O2S2. The molecule has 0 amide bonds. The van der Waals surface area contributed by atoms with Gasteiger partial charge in [-0.3, -0.25) is 0 Å². The molecule has 1 aromatic carbocycles. The number of sulfonamides is 1. The predicted molar refractivity (Wildman–Crippen MR) is 88.8 cm³/mol. The summed E-state index contributed by atoms with van der Waals surface area (Å²) in [6.07, 6.45) is 3.51. The highest BCUT2D eigenvalue weighted by molar-refractivity contribution is 7.89. The maximum Gasteiger partial charge on any atom is 0.243 e. The largest absolute Gasteiger partial charge is 0.249 e. The molecule has 4 nitrogen and oxygen atoms in total. The minimum absolute atomic E-state index is 0.394. The van der Waals surface area contributed by atoms with E-state index in [-0.39, 0.29) is 0 Å². The summed E-state index contributed by atoms with van der Waals surface area (Å²) in [6, 6.07) is 5.52. The molecule has 22 heavy (non-hydrogen) atoms. The van der Waals surface area contributed by atoms with E-state index in [0.29, 0.717) is 23.9 Å². The third kappa shape index (κ3) is 2.95. The van der Waals surface area contributed by atoms with Crippen LogP contribution in [0.2, 0.25) is 0 Å². The molecule has 1 saturated heterocycles. The lowest BCUT2D eigenvalue weighted by Gasteiger charge is -2.30. The SMILES string of the molecule is Cc1ccc(S(=O)(=O)N2CCC(c3nccs3)CC2)c(C)c1. The van der Waals surface area contributed by atoms with Gasteiger partial charge in [-0.05, 0) is 38.3 Å². The Balaban J connectivity index is 1.77. The number of piperidine rings is 1. The number of hydrogen-bond donors (Lipinski definition) is 0. The van der Waals surface area contributed by atoms with Crippen molar-refractivity contribution in [2.45, 2.75) is 37.5 Å². The molecule has 0 radical (unpaired) electrons. The molecule has 0 bridgehead atoms. The first-order chi connectivity index (χ1) is 10.5. The third-order valence-corrected chi connectivity index (χ3v) is 7.20. The maximum absolute atomic E-state index is 12.8. The Hall–Kier alpha value is -1.24. The van der Waals surface area contributed by atoms with Crippen LogP contribution in [-0.2, 0) is 10.0 Å². The van der Waals surface area contributed by atoms with E-state index in [1.807, 2.05) is 37.6 Å². The minimum Gasteiger partial charge on any atom is -0.249 e. The van der Waals surface area contributed by atoms with E-state index < -0.39 is 10.0 Å². The van der Waals surface area contributed by atoms with Gasteiger partial charge in [0.1, 0.15) is 0 Å². The number of thiazole rings is 1. The van der Waals surface area contributed by atoms with Crippen LogP contribution in [0.25, 0.3) is 0 Å². The zero-order chi connectivity index (χ0) is 15.7. The standard InChI is InChI=1S/C16H20N2O2S2/c1-12-3-4-15(13(2)11-12)22(19,20)18-8-5-14(6-9-18)16-17-7-10-21-16/h3-4,7,10-11,14H,5-6,8-9H2,1-2H3. The van der Waals surface area contributed by atoms with Crippen molar-refractivity contribution in [3.8, 4) is 0 Å². The van der Waals surface area contributed by atoms with Crippen molar-refractivity contribution in [1.29, 1.82) is 0 Å². The average molecular weight is 336 g/mol. The summed E-state index contributed by atoms with van der Waals surface area (Å²) in [7, 11) is -3.39.